The lowest BCUT2D eigenvalue weighted by molar-refractivity contribution is 0.437. The first-order valence-electron chi connectivity index (χ1n) is 8.70. The Hall–Kier alpha value is -0.980. The number of rotatable bonds is 3. The van der Waals surface area contributed by atoms with E-state index in [0.717, 1.165) is 11.8 Å². The summed E-state index contributed by atoms with van der Waals surface area (Å²) in [5, 5.41) is 3.56. The van der Waals surface area contributed by atoms with Crippen LogP contribution in [0.1, 0.15) is 87.2 Å². The van der Waals surface area contributed by atoms with Crippen molar-refractivity contribution in [3.8, 4) is 0 Å². The van der Waals surface area contributed by atoms with Crippen molar-refractivity contribution in [3.63, 3.8) is 0 Å². The molecule has 0 aliphatic heterocycles. The van der Waals surface area contributed by atoms with E-state index in [2.05, 4.69) is 30.6 Å². The molecule has 0 radical (unpaired) electrons. The van der Waals surface area contributed by atoms with Crippen LogP contribution >= 0.6 is 0 Å². The lowest BCUT2D eigenvalue weighted by atomic mass is 9.78. The number of benzene rings is 1. The molecule has 2 saturated carbocycles. The van der Waals surface area contributed by atoms with Gasteiger partial charge < -0.3 is 5.32 Å². The van der Waals surface area contributed by atoms with Gasteiger partial charge in [0.25, 0.3) is 0 Å². The predicted molar refractivity (Wildman–Crippen MR) is 87.6 cm³/mol. The van der Waals surface area contributed by atoms with Crippen molar-refractivity contribution < 1.29 is 0 Å². The highest BCUT2D eigenvalue weighted by molar-refractivity contribution is 5.60. The minimum absolute atomic E-state index is 0.801. The molecular formula is C19H29N. The second kappa shape index (κ2) is 6.65. The Balaban J connectivity index is 1.89. The van der Waals surface area contributed by atoms with E-state index in [1.165, 1.54) is 69.9 Å². The number of hydrogen-bond donors (Lipinski definition) is 1. The summed E-state index contributed by atoms with van der Waals surface area (Å²) in [4.78, 5) is 0. The standard InChI is InChI=1S/C19H29N/c1-20-19-17(15-9-4-2-5-10-15)13-8-14-18(19)16-11-6-3-7-12-16/h8,13-16,20H,2-7,9-12H2,1H3. The smallest absolute Gasteiger partial charge is 0.0408 e. The molecule has 110 valence electrons. The Morgan fingerprint density at radius 1 is 0.750 bits per heavy atom. The van der Waals surface area contributed by atoms with Gasteiger partial charge in [0.2, 0.25) is 0 Å². The van der Waals surface area contributed by atoms with Crippen molar-refractivity contribution in [2.45, 2.75) is 76.0 Å². The van der Waals surface area contributed by atoms with Crippen LogP contribution < -0.4 is 5.32 Å². The summed E-state index contributed by atoms with van der Waals surface area (Å²) in [6.07, 6.45) is 14.1. The van der Waals surface area contributed by atoms with E-state index >= 15 is 0 Å². The van der Waals surface area contributed by atoms with Gasteiger partial charge in [-0.1, -0.05) is 56.7 Å². The molecule has 1 nitrogen and oxygen atoms in total. The van der Waals surface area contributed by atoms with E-state index in [4.69, 9.17) is 0 Å². The van der Waals surface area contributed by atoms with Crippen LogP contribution in [0, 0.1) is 0 Å². The molecule has 1 aromatic rings. The lowest BCUT2D eigenvalue weighted by Gasteiger charge is -2.29. The predicted octanol–water partition coefficient (Wildman–Crippen LogP) is 5.82. The summed E-state index contributed by atoms with van der Waals surface area (Å²) in [6, 6.07) is 7.08. The molecule has 0 spiro atoms. The normalized spacial score (nSPS) is 21.9. The average molecular weight is 271 g/mol. The number of nitrogens with one attached hydrogen (secondary N) is 1. The molecule has 0 heterocycles. The van der Waals surface area contributed by atoms with Crippen molar-refractivity contribution in [2.24, 2.45) is 0 Å². The van der Waals surface area contributed by atoms with Gasteiger partial charge in [-0.25, -0.2) is 0 Å². The number of para-hydroxylation sites is 1. The van der Waals surface area contributed by atoms with Gasteiger partial charge in [-0.15, -0.1) is 0 Å². The first-order chi connectivity index (χ1) is 9.90. The third-order valence-electron chi connectivity index (χ3n) is 5.47. The van der Waals surface area contributed by atoms with Crippen LogP contribution in [0.15, 0.2) is 18.2 Å². The highest BCUT2D eigenvalue weighted by atomic mass is 14.8. The molecule has 1 aromatic carbocycles. The van der Waals surface area contributed by atoms with E-state index in [9.17, 15) is 0 Å². The minimum atomic E-state index is 0.801. The molecule has 1 N–H and O–H groups in total. The Morgan fingerprint density at radius 3 is 1.60 bits per heavy atom. The van der Waals surface area contributed by atoms with Gasteiger partial charge in [0.15, 0.2) is 0 Å². The van der Waals surface area contributed by atoms with E-state index in [-0.39, 0.29) is 0 Å². The van der Waals surface area contributed by atoms with Crippen LogP contribution in [-0.4, -0.2) is 7.05 Å². The summed E-state index contributed by atoms with van der Waals surface area (Å²) in [7, 11) is 2.12. The van der Waals surface area contributed by atoms with Gasteiger partial charge >= 0.3 is 0 Å². The average Bonchev–Trinajstić information content (AvgIpc) is 2.55. The molecule has 2 aliphatic rings. The molecule has 3 rings (SSSR count). The Labute approximate surface area is 124 Å². The summed E-state index contributed by atoms with van der Waals surface area (Å²) in [5.41, 5.74) is 4.69. The fourth-order valence-electron chi connectivity index (χ4n) is 4.39. The monoisotopic (exact) mass is 271 g/mol. The van der Waals surface area contributed by atoms with Crippen LogP contribution in [0.5, 0.6) is 0 Å². The number of hydrogen-bond acceptors (Lipinski definition) is 1. The zero-order chi connectivity index (χ0) is 13.8. The van der Waals surface area contributed by atoms with Crippen LogP contribution in [-0.2, 0) is 0 Å². The molecule has 0 atom stereocenters. The molecule has 0 unspecified atom stereocenters. The molecule has 0 aromatic heterocycles. The molecule has 2 aliphatic carbocycles. The third-order valence-corrected chi connectivity index (χ3v) is 5.47. The molecule has 20 heavy (non-hydrogen) atoms. The zero-order valence-corrected chi connectivity index (χ0v) is 13.0. The van der Waals surface area contributed by atoms with Crippen molar-refractivity contribution in [1.82, 2.24) is 0 Å². The quantitative estimate of drug-likeness (QED) is 0.730. The minimum Gasteiger partial charge on any atom is -0.388 e. The van der Waals surface area contributed by atoms with Gasteiger partial charge in [-0.05, 0) is 48.6 Å². The molecule has 0 saturated heterocycles. The second-order valence-electron chi connectivity index (χ2n) is 6.73. The first-order valence-corrected chi connectivity index (χ1v) is 8.70. The van der Waals surface area contributed by atoms with Crippen molar-refractivity contribution >= 4 is 5.69 Å². The van der Waals surface area contributed by atoms with Crippen molar-refractivity contribution in [3.05, 3.63) is 29.3 Å². The Bertz CT molecular complexity index is 389. The van der Waals surface area contributed by atoms with Crippen molar-refractivity contribution in [1.29, 1.82) is 0 Å². The Morgan fingerprint density at radius 2 is 1.20 bits per heavy atom. The molecule has 1 heteroatoms. The van der Waals surface area contributed by atoms with Gasteiger partial charge in [-0.2, -0.15) is 0 Å². The Kier molecular flexibility index (Phi) is 4.65. The fraction of sp³-hybridized carbons (Fsp3) is 0.684. The topological polar surface area (TPSA) is 12.0 Å². The van der Waals surface area contributed by atoms with Crippen LogP contribution in [0.2, 0.25) is 0 Å². The molecular weight excluding hydrogens is 242 g/mol. The summed E-state index contributed by atoms with van der Waals surface area (Å²) >= 11 is 0. The highest BCUT2D eigenvalue weighted by Gasteiger charge is 2.23. The van der Waals surface area contributed by atoms with Crippen LogP contribution in [0.25, 0.3) is 0 Å². The largest absolute Gasteiger partial charge is 0.388 e. The molecule has 0 amide bonds. The van der Waals surface area contributed by atoms with E-state index in [0.29, 0.717) is 0 Å². The molecule has 2 fully saturated rings. The van der Waals surface area contributed by atoms with Crippen LogP contribution in [0.4, 0.5) is 5.69 Å². The summed E-state index contributed by atoms with van der Waals surface area (Å²) < 4.78 is 0. The maximum absolute atomic E-state index is 3.56. The zero-order valence-electron chi connectivity index (χ0n) is 13.0. The second-order valence-corrected chi connectivity index (χ2v) is 6.73. The fourth-order valence-corrected chi connectivity index (χ4v) is 4.39. The van der Waals surface area contributed by atoms with E-state index in [1.807, 2.05) is 0 Å². The van der Waals surface area contributed by atoms with Gasteiger partial charge in [0.1, 0.15) is 0 Å². The van der Waals surface area contributed by atoms with Crippen LogP contribution in [0.3, 0.4) is 0 Å². The van der Waals surface area contributed by atoms with E-state index in [1.54, 1.807) is 11.1 Å². The maximum atomic E-state index is 3.56. The van der Waals surface area contributed by atoms with Gasteiger partial charge in [-0.3, -0.25) is 0 Å². The van der Waals surface area contributed by atoms with E-state index < -0.39 is 0 Å². The summed E-state index contributed by atoms with van der Waals surface area (Å²) in [6.45, 7) is 0. The maximum Gasteiger partial charge on any atom is 0.0408 e. The van der Waals surface area contributed by atoms with Crippen molar-refractivity contribution in [2.75, 3.05) is 12.4 Å². The highest BCUT2D eigenvalue weighted by Crippen LogP contribution is 2.42. The molecule has 0 bridgehead atoms. The number of anilines is 1. The van der Waals surface area contributed by atoms with Gasteiger partial charge in [0, 0.05) is 12.7 Å². The first kappa shape index (κ1) is 14.0. The van der Waals surface area contributed by atoms with Gasteiger partial charge in [0.05, 0.1) is 0 Å². The summed E-state index contributed by atoms with van der Waals surface area (Å²) in [5.74, 6) is 1.60. The lowest BCUT2D eigenvalue weighted by Crippen LogP contribution is -2.12. The third kappa shape index (κ3) is 2.87. The SMILES string of the molecule is CNc1c(C2CCCCC2)cccc1C1CCCCC1.